The van der Waals surface area contributed by atoms with Gasteiger partial charge in [0.25, 0.3) is 0 Å². The van der Waals surface area contributed by atoms with Crippen LogP contribution in [0.1, 0.15) is 73.1 Å². The minimum absolute atomic E-state index is 0.0781. The van der Waals surface area contributed by atoms with Crippen LogP contribution in [0.4, 0.5) is 0 Å². The van der Waals surface area contributed by atoms with Crippen LogP contribution in [0, 0.1) is 46.3 Å². The number of hydrogen-bond donors (Lipinski definition) is 0. The lowest BCUT2D eigenvalue weighted by molar-refractivity contribution is -0.198. The number of esters is 1. The van der Waals surface area contributed by atoms with E-state index in [1.54, 1.807) is 5.57 Å². The van der Waals surface area contributed by atoms with Crippen LogP contribution in [0.5, 0.6) is 0 Å². The number of carbonyl (C=O) groups excluding carboxylic acids is 1. The van der Waals surface area contributed by atoms with Crippen molar-refractivity contribution in [1.82, 2.24) is 0 Å². The van der Waals surface area contributed by atoms with Crippen molar-refractivity contribution in [3.8, 4) is 0 Å². The zero-order chi connectivity index (χ0) is 19.2. The quantitative estimate of drug-likeness (QED) is 0.456. The highest BCUT2D eigenvalue weighted by atomic mass is 16.6. The van der Waals surface area contributed by atoms with Gasteiger partial charge in [0.05, 0.1) is 5.92 Å². The number of ether oxygens (including phenoxy) is 1. The highest BCUT2D eigenvalue weighted by Gasteiger charge is 2.69. The molecule has 2 heteroatoms. The SMILES string of the molecule is CC1CC(C2=CC3C=CC2C3)CC1C(=O)OC1(C)C2(C)CCC(C2)C1(C)C. The molecule has 3 fully saturated rings. The van der Waals surface area contributed by atoms with Crippen LogP contribution < -0.4 is 0 Å². The van der Waals surface area contributed by atoms with E-state index in [2.05, 4.69) is 52.8 Å². The van der Waals surface area contributed by atoms with Crippen molar-refractivity contribution in [2.24, 2.45) is 46.3 Å². The molecule has 5 rings (SSSR count). The molecule has 8 unspecified atom stereocenters. The van der Waals surface area contributed by atoms with Crippen LogP contribution in [-0.2, 0) is 9.53 Å². The molecule has 5 aliphatic carbocycles. The van der Waals surface area contributed by atoms with Crippen LogP contribution in [0.15, 0.2) is 23.8 Å². The fraction of sp³-hybridized carbons (Fsp3) is 0.800. The number of hydrogen-bond acceptors (Lipinski definition) is 2. The third-order valence-corrected chi connectivity index (χ3v) is 10.1. The van der Waals surface area contributed by atoms with Crippen molar-refractivity contribution in [3.05, 3.63) is 23.8 Å². The second-order valence-corrected chi connectivity index (χ2v) is 11.5. The maximum atomic E-state index is 13.4. The molecule has 0 amide bonds. The summed E-state index contributed by atoms with van der Waals surface area (Å²) in [5.41, 5.74) is 1.53. The lowest BCUT2D eigenvalue weighted by Crippen LogP contribution is -2.55. The molecule has 0 aromatic carbocycles. The molecule has 2 nitrogen and oxygen atoms in total. The molecular formula is C25H36O2. The summed E-state index contributed by atoms with van der Waals surface area (Å²) in [6, 6.07) is 0. The van der Waals surface area contributed by atoms with E-state index in [9.17, 15) is 4.79 Å². The first-order chi connectivity index (χ1) is 12.6. The van der Waals surface area contributed by atoms with Gasteiger partial charge in [-0.05, 0) is 75.0 Å². The first kappa shape index (κ1) is 18.0. The zero-order valence-corrected chi connectivity index (χ0v) is 17.8. The van der Waals surface area contributed by atoms with E-state index in [0.717, 1.165) is 12.8 Å². The van der Waals surface area contributed by atoms with Crippen molar-refractivity contribution >= 4 is 5.97 Å². The number of fused-ring (bicyclic) bond motifs is 4. The van der Waals surface area contributed by atoms with Crippen molar-refractivity contribution in [2.75, 3.05) is 0 Å². The summed E-state index contributed by atoms with van der Waals surface area (Å²) in [6.07, 6.45) is 14.4. The Labute approximate surface area is 164 Å². The highest BCUT2D eigenvalue weighted by molar-refractivity contribution is 5.74. The summed E-state index contributed by atoms with van der Waals surface area (Å²) in [6.45, 7) is 11.5. The first-order valence-corrected chi connectivity index (χ1v) is 11.3. The summed E-state index contributed by atoms with van der Waals surface area (Å²) in [7, 11) is 0. The predicted molar refractivity (Wildman–Crippen MR) is 108 cm³/mol. The van der Waals surface area contributed by atoms with E-state index in [4.69, 9.17) is 4.74 Å². The molecule has 0 spiro atoms. The van der Waals surface area contributed by atoms with Gasteiger partial charge >= 0.3 is 5.97 Å². The normalized spacial score (nSPS) is 51.8. The maximum Gasteiger partial charge on any atom is 0.309 e. The predicted octanol–water partition coefficient (Wildman–Crippen LogP) is 5.93. The van der Waals surface area contributed by atoms with Crippen LogP contribution in [0.2, 0.25) is 0 Å². The molecule has 0 aromatic rings. The monoisotopic (exact) mass is 368 g/mol. The topological polar surface area (TPSA) is 26.3 Å². The molecule has 5 aliphatic rings. The minimum Gasteiger partial charge on any atom is -0.458 e. The molecule has 0 aromatic heterocycles. The minimum atomic E-state index is -0.327. The van der Waals surface area contributed by atoms with Gasteiger partial charge in [-0.25, -0.2) is 0 Å². The summed E-state index contributed by atoms with van der Waals surface area (Å²) >= 11 is 0. The van der Waals surface area contributed by atoms with Gasteiger partial charge in [0.2, 0.25) is 0 Å². The molecule has 0 saturated heterocycles. The molecule has 27 heavy (non-hydrogen) atoms. The lowest BCUT2D eigenvalue weighted by Gasteiger charge is -2.51. The van der Waals surface area contributed by atoms with Gasteiger partial charge in [0.1, 0.15) is 5.60 Å². The van der Waals surface area contributed by atoms with Gasteiger partial charge in [-0.2, -0.15) is 0 Å². The van der Waals surface area contributed by atoms with Gasteiger partial charge in [-0.3, -0.25) is 4.79 Å². The second kappa shape index (κ2) is 5.51. The Balaban J connectivity index is 1.32. The second-order valence-electron chi connectivity index (χ2n) is 11.5. The third kappa shape index (κ3) is 2.28. The molecular weight excluding hydrogens is 332 g/mol. The Kier molecular flexibility index (Phi) is 3.68. The third-order valence-electron chi connectivity index (χ3n) is 10.1. The number of carbonyl (C=O) groups is 1. The van der Waals surface area contributed by atoms with Crippen LogP contribution in [0.25, 0.3) is 0 Å². The van der Waals surface area contributed by atoms with Gasteiger partial charge < -0.3 is 4.74 Å². The van der Waals surface area contributed by atoms with Gasteiger partial charge in [-0.15, -0.1) is 0 Å². The summed E-state index contributed by atoms with van der Waals surface area (Å²) in [4.78, 5) is 13.4. The van der Waals surface area contributed by atoms with E-state index >= 15 is 0 Å². The van der Waals surface area contributed by atoms with Gasteiger partial charge in [0.15, 0.2) is 0 Å². The summed E-state index contributed by atoms with van der Waals surface area (Å²) in [5.74, 6) is 3.21. The summed E-state index contributed by atoms with van der Waals surface area (Å²) in [5, 5.41) is 0. The molecule has 0 radical (unpaired) electrons. The zero-order valence-electron chi connectivity index (χ0n) is 17.8. The Morgan fingerprint density at radius 1 is 1.11 bits per heavy atom. The smallest absolute Gasteiger partial charge is 0.309 e. The largest absolute Gasteiger partial charge is 0.458 e. The summed E-state index contributed by atoms with van der Waals surface area (Å²) < 4.78 is 6.51. The highest BCUT2D eigenvalue weighted by Crippen LogP contribution is 2.69. The van der Waals surface area contributed by atoms with Crippen molar-refractivity contribution < 1.29 is 9.53 Å². The molecule has 4 bridgehead atoms. The van der Waals surface area contributed by atoms with E-state index in [1.807, 2.05) is 0 Å². The first-order valence-electron chi connectivity index (χ1n) is 11.3. The molecule has 148 valence electrons. The van der Waals surface area contributed by atoms with Crippen molar-refractivity contribution in [1.29, 1.82) is 0 Å². The molecule has 3 saturated carbocycles. The van der Waals surface area contributed by atoms with E-state index in [0.29, 0.717) is 29.6 Å². The fourth-order valence-corrected chi connectivity index (χ4v) is 7.75. The molecule has 0 N–H and O–H groups in total. The fourth-order valence-electron chi connectivity index (χ4n) is 7.75. The van der Waals surface area contributed by atoms with Crippen molar-refractivity contribution in [3.63, 3.8) is 0 Å². The van der Waals surface area contributed by atoms with Crippen LogP contribution in [-0.4, -0.2) is 11.6 Å². The van der Waals surface area contributed by atoms with Gasteiger partial charge in [-0.1, -0.05) is 51.5 Å². The van der Waals surface area contributed by atoms with E-state index < -0.39 is 0 Å². The van der Waals surface area contributed by atoms with Crippen molar-refractivity contribution in [2.45, 2.75) is 78.7 Å². The molecule has 0 aliphatic heterocycles. The Hall–Kier alpha value is -1.05. The number of rotatable bonds is 3. The average molecular weight is 369 g/mol. The van der Waals surface area contributed by atoms with Gasteiger partial charge in [0, 0.05) is 10.8 Å². The lowest BCUT2D eigenvalue weighted by atomic mass is 9.61. The molecule has 8 atom stereocenters. The Morgan fingerprint density at radius 2 is 1.89 bits per heavy atom. The van der Waals surface area contributed by atoms with Crippen LogP contribution in [0.3, 0.4) is 0 Å². The Morgan fingerprint density at radius 3 is 2.48 bits per heavy atom. The average Bonchev–Trinajstić information content (AvgIpc) is 3.37. The van der Waals surface area contributed by atoms with E-state index in [-0.39, 0.29) is 28.3 Å². The number of allylic oxidation sites excluding steroid dienone is 4. The van der Waals surface area contributed by atoms with Crippen LogP contribution >= 0.6 is 0 Å². The Bertz CT molecular complexity index is 724. The molecule has 0 heterocycles. The maximum absolute atomic E-state index is 13.4. The standard InChI is InChI=1S/C25H36O2/c1-15-10-18(21-12-16-6-7-17(21)11-16)13-20(15)22(26)27-25(5)23(2,3)19-8-9-24(25,4)14-19/h6-7,12,15-20H,8-11,13-14H2,1-5H3. The van der Waals surface area contributed by atoms with E-state index in [1.165, 1.54) is 25.7 Å².